The van der Waals surface area contributed by atoms with Gasteiger partial charge in [-0.05, 0) is 130 Å². The van der Waals surface area contributed by atoms with Crippen LogP contribution >= 0.6 is 0 Å². The van der Waals surface area contributed by atoms with Crippen LogP contribution in [0.3, 0.4) is 0 Å². The van der Waals surface area contributed by atoms with Gasteiger partial charge in [0.05, 0.1) is 5.69 Å². The lowest BCUT2D eigenvalue weighted by molar-refractivity contribution is 1.30. The molecule has 0 bridgehead atoms. The van der Waals surface area contributed by atoms with Crippen molar-refractivity contribution in [2.45, 2.75) is 6.92 Å². The largest absolute Gasteiger partial charge is 0.310 e. The van der Waals surface area contributed by atoms with Gasteiger partial charge in [-0.15, -0.1) is 0 Å². The molecule has 0 aliphatic rings. The molecular formula is C63H43N. The molecular weight excluding hydrogens is 771 g/mol. The van der Waals surface area contributed by atoms with Crippen molar-refractivity contribution in [1.29, 1.82) is 0 Å². The minimum atomic E-state index is 1.11. The fourth-order valence-electron chi connectivity index (χ4n) is 10.2. The molecule has 64 heavy (non-hydrogen) atoms. The summed E-state index contributed by atoms with van der Waals surface area (Å²) in [6.45, 7) is 2.15. The molecule has 12 rings (SSSR count). The Balaban J connectivity index is 0.991. The lowest BCUT2D eigenvalue weighted by Gasteiger charge is -2.27. The second kappa shape index (κ2) is 15.6. The van der Waals surface area contributed by atoms with E-state index in [-0.39, 0.29) is 0 Å². The summed E-state index contributed by atoms with van der Waals surface area (Å²) in [6, 6.07) is 89.1. The second-order valence-corrected chi connectivity index (χ2v) is 16.8. The Bertz CT molecular complexity index is 3580. The normalized spacial score (nSPS) is 11.5. The highest BCUT2D eigenvalue weighted by Gasteiger charge is 2.20. The van der Waals surface area contributed by atoms with Crippen LogP contribution in [0.4, 0.5) is 17.1 Å². The summed E-state index contributed by atoms with van der Waals surface area (Å²) in [7, 11) is 0. The Morgan fingerprint density at radius 3 is 0.938 bits per heavy atom. The maximum atomic E-state index is 2.37. The van der Waals surface area contributed by atoms with Crippen molar-refractivity contribution >= 4 is 70.9 Å². The number of fused-ring (bicyclic) bond motifs is 5. The molecule has 0 heterocycles. The average molecular weight is 814 g/mol. The molecule has 12 aromatic rings. The van der Waals surface area contributed by atoms with E-state index in [1.54, 1.807) is 0 Å². The third-order valence-corrected chi connectivity index (χ3v) is 13.1. The predicted octanol–water partition coefficient (Wildman–Crippen LogP) is 17.9. The summed E-state index contributed by atoms with van der Waals surface area (Å²) in [6.07, 6.45) is 0. The summed E-state index contributed by atoms with van der Waals surface area (Å²) in [5.74, 6) is 0. The average Bonchev–Trinajstić information content (AvgIpc) is 3.36. The topological polar surface area (TPSA) is 3.24 Å². The zero-order chi connectivity index (χ0) is 42.6. The molecule has 0 aromatic heterocycles. The van der Waals surface area contributed by atoms with Crippen LogP contribution in [-0.4, -0.2) is 0 Å². The fraction of sp³-hybridized carbons (Fsp3) is 0.0159. The number of para-hydroxylation sites is 1. The number of nitrogens with zero attached hydrogens (tertiary/aromatic N) is 1. The summed E-state index contributed by atoms with van der Waals surface area (Å²) < 4.78 is 0. The molecule has 0 aliphatic carbocycles. The van der Waals surface area contributed by atoms with Gasteiger partial charge in [0.1, 0.15) is 0 Å². The number of aryl methyl sites for hydroxylation is 1. The SMILES string of the molecule is Cc1ccc(-c2c3ccccc3c(-c3ccc(-c4c5ccccc5c(-c5ccc(N(c6ccccc6)c6cccc7ccccc67)cc5)c5ccccc45)cc3)c3ccccc23)cc1. The number of rotatable bonds is 7. The molecule has 0 aliphatic heterocycles. The fourth-order valence-corrected chi connectivity index (χ4v) is 10.2. The monoisotopic (exact) mass is 813 g/mol. The zero-order valence-electron chi connectivity index (χ0n) is 35.5. The summed E-state index contributed by atoms with van der Waals surface area (Å²) in [5.41, 5.74) is 14.6. The van der Waals surface area contributed by atoms with Gasteiger partial charge in [-0.1, -0.05) is 218 Å². The van der Waals surface area contributed by atoms with Crippen LogP contribution in [0.15, 0.2) is 243 Å². The quantitative estimate of drug-likeness (QED) is 0.145. The second-order valence-electron chi connectivity index (χ2n) is 16.8. The number of benzene rings is 12. The van der Waals surface area contributed by atoms with Gasteiger partial charge >= 0.3 is 0 Å². The molecule has 0 saturated carbocycles. The maximum Gasteiger partial charge on any atom is 0.0540 e. The maximum absolute atomic E-state index is 2.37. The van der Waals surface area contributed by atoms with Gasteiger partial charge in [0.15, 0.2) is 0 Å². The lowest BCUT2D eigenvalue weighted by atomic mass is 9.84. The zero-order valence-corrected chi connectivity index (χ0v) is 35.5. The summed E-state index contributed by atoms with van der Waals surface area (Å²) in [4.78, 5) is 2.37. The van der Waals surface area contributed by atoms with Gasteiger partial charge in [0.2, 0.25) is 0 Å². The van der Waals surface area contributed by atoms with E-state index in [9.17, 15) is 0 Å². The molecule has 0 spiro atoms. The molecule has 0 saturated heterocycles. The Labute approximate surface area is 373 Å². The number of anilines is 3. The molecule has 300 valence electrons. The van der Waals surface area contributed by atoms with Gasteiger partial charge in [-0.3, -0.25) is 0 Å². The van der Waals surface area contributed by atoms with Crippen LogP contribution in [0, 0.1) is 6.92 Å². The molecule has 1 heteroatoms. The van der Waals surface area contributed by atoms with Gasteiger partial charge in [-0.2, -0.15) is 0 Å². The van der Waals surface area contributed by atoms with Gasteiger partial charge in [-0.25, -0.2) is 0 Å². The summed E-state index contributed by atoms with van der Waals surface area (Å²) >= 11 is 0. The van der Waals surface area contributed by atoms with Gasteiger partial charge in [0, 0.05) is 16.8 Å². The highest BCUT2D eigenvalue weighted by Crippen LogP contribution is 2.47. The van der Waals surface area contributed by atoms with Crippen LogP contribution in [-0.2, 0) is 0 Å². The molecule has 0 radical (unpaired) electrons. The number of hydrogen-bond donors (Lipinski definition) is 0. The van der Waals surface area contributed by atoms with E-state index in [0.29, 0.717) is 0 Å². The first kappa shape index (κ1) is 37.5. The van der Waals surface area contributed by atoms with E-state index in [1.807, 2.05) is 0 Å². The van der Waals surface area contributed by atoms with Crippen molar-refractivity contribution in [2.75, 3.05) is 4.90 Å². The Morgan fingerprint density at radius 1 is 0.234 bits per heavy atom. The van der Waals surface area contributed by atoms with E-state index in [1.165, 1.54) is 104 Å². The van der Waals surface area contributed by atoms with Gasteiger partial charge in [0.25, 0.3) is 0 Å². The molecule has 0 fully saturated rings. The minimum Gasteiger partial charge on any atom is -0.310 e. The van der Waals surface area contributed by atoms with E-state index >= 15 is 0 Å². The highest BCUT2D eigenvalue weighted by molar-refractivity contribution is 6.23. The van der Waals surface area contributed by atoms with Crippen LogP contribution in [0.2, 0.25) is 0 Å². The first-order valence-electron chi connectivity index (χ1n) is 22.2. The number of hydrogen-bond acceptors (Lipinski definition) is 1. The smallest absolute Gasteiger partial charge is 0.0540 e. The minimum absolute atomic E-state index is 1.11. The van der Waals surface area contributed by atoms with Crippen LogP contribution in [0.5, 0.6) is 0 Å². The Hall–Kier alpha value is -8.26. The third kappa shape index (κ3) is 6.24. The molecule has 0 amide bonds. The molecule has 0 atom stereocenters. The molecule has 12 aromatic carbocycles. The third-order valence-electron chi connectivity index (χ3n) is 13.1. The van der Waals surface area contributed by atoms with Crippen LogP contribution in [0.25, 0.3) is 98.4 Å². The predicted molar refractivity (Wildman–Crippen MR) is 275 cm³/mol. The molecule has 0 unspecified atom stereocenters. The van der Waals surface area contributed by atoms with Crippen molar-refractivity contribution in [3.63, 3.8) is 0 Å². The van der Waals surface area contributed by atoms with Crippen molar-refractivity contribution < 1.29 is 0 Å². The van der Waals surface area contributed by atoms with Crippen LogP contribution in [0.1, 0.15) is 5.56 Å². The van der Waals surface area contributed by atoms with Crippen molar-refractivity contribution in [3.8, 4) is 44.5 Å². The first-order valence-corrected chi connectivity index (χ1v) is 22.2. The highest BCUT2D eigenvalue weighted by atomic mass is 15.1. The van der Waals surface area contributed by atoms with Gasteiger partial charge < -0.3 is 4.90 Å². The van der Waals surface area contributed by atoms with Crippen molar-refractivity contribution in [2.24, 2.45) is 0 Å². The Morgan fingerprint density at radius 2 is 0.531 bits per heavy atom. The summed E-state index contributed by atoms with van der Waals surface area (Å²) in [5, 5.41) is 12.5. The standard InChI is InChI=1S/C63H43N/c1-42-30-32-44(33-31-42)60-51-21-7-9-23-53(51)61(54-24-10-8-22-52(54)60)45-34-36-46(37-35-45)62-55-25-11-13-27-57(55)63(58-28-14-12-26-56(58)62)47-38-40-49(41-39-47)64(48-18-3-2-4-19-48)59-29-15-17-43-16-5-6-20-50(43)59/h2-41H,1H3. The lowest BCUT2D eigenvalue weighted by Crippen LogP contribution is -2.10. The Kier molecular flexibility index (Phi) is 9.13. The first-order chi connectivity index (χ1) is 31.7. The van der Waals surface area contributed by atoms with Crippen molar-refractivity contribution in [1.82, 2.24) is 0 Å². The van der Waals surface area contributed by atoms with Crippen molar-refractivity contribution in [3.05, 3.63) is 248 Å². The van der Waals surface area contributed by atoms with E-state index in [4.69, 9.17) is 0 Å². The molecule has 1 nitrogen and oxygen atoms in total. The van der Waals surface area contributed by atoms with E-state index in [0.717, 1.165) is 17.1 Å². The van der Waals surface area contributed by atoms with Crippen LogP contribution < -0.4 is 4.90 Å². The van der Waals surface area contributed by atoms with E-state index in [2.05, 4.69) is 254 Å². The molecule has 0 N–H and O–H groups in total. The van der Waals surface area contributed by atoms with E-state index < -0.39 is 0 Å².